The Bertz CT molecular complexity index is 424. The molecule has 0 saturated carbocycles. The van der Waals surface area contributed by atoms with Gasteiger partial charge in [-0.3, -0.25) is 0 Å². The minimum Gasteiger partial charge on any atom is -0.493 e. The van der Waals surface area contributed by atoms with Crippen LogP contribution in [0.25, 0.3) is 0 Å². The van der Waals surface area contributed by atoms with E-state index >= 15 is 0 Å². The number of halogens is 2. The Morgan fingerprint density at radius 3 is 2.78 bits per heavy atom. The van der Waals surface area contributed by atoms with Gasteiger partial charge in [0.05, 0.1) is 7.11 Å². The number of nitrogens with one attached hydrogen (secondary N) is 1. The highest BCUT2D eigenvalue weighted by molar-refractivity contribution is 9.11. The summed E-state index contributed by atoms with van der Waals surface area (Å²) in [6.45, 7) is 7.73. The molecule has 0 saturated heterocycles. The van der Waals surface area contributed by atoms with Crippen LogP contribution >= 0.6 is 27.5 Å². The summed E-state index contributed by atoms with van der Waals surface area (Å²) in [7, 11) is 1.60. The first kappa shape index (κ1) is 15.3. The Labute approximate surface area is 121 Å². The molecule has 0 unspecified atom stereocenters. The van der Waals surface area contributed by atoms with E-state index in [2.05, 4.69) is 27.8 Å². The van der Waals surface area contributed by atoms with E-state index in [0.717, 1.165) is 16.6 Å². The zero-order valence-corrected chi connectivity index (χ0v) is 12.9. The van der Waals surface area contributed by atoms with E-state index < -0.39 is 0 Å². The van der Waals surface area contributed by atoms with Gasteiger partial charge in [-0.2, -0.15) is 0 Å². The molecule has 0 aliphatic rings. The number of ether oxygens (including phenoxy) is 2. The van der Waals surface area contributed by atoms with Crippen molar-refractivity contribution in [2.75, 3.05) is 20.3 Å². The molecule has 5 heteroatoms. The van der Waals surface area contributed by atoms with Crippen LogP contribution in [0.2, 0.25) is 5.02 Å². The molecule has 18 heavy (non-hydrogen) atoms. The first-order chi connectivity index (χ1) is 8.58. The fraction of sp³-hybridized carbons (Fsp3) is 0.385. The Morgan fingerprint density at radius 1 is 1.50 bits per heavy atom. The van der Waals surface area contributed by atoms with Gasteiger partial charge >= 0.3 is 0 Å². The maximum absolute atomic E-state index is 6.05. The van der Waals surface area contributed by atoms with Crippen molar-refractivity contribution in [3.8, 4) is 11.5 Å². The minimum atomic E-state index is 0.386. The predicted molar refractivity (Wildman–Crippen MR) is 78.9 cm³/mol. The Balaban J connectivity index is 3.02. The lowest BCUT2D eigenvalue weighted by atomic mass is 10.2. The number of benzene rings is 1. The summed E-state index contributed by atoms with van der Waals surface area (Å²) in [6.07, 6.45) is 0. The number of methoxy groups -OCH3 is 1. The van der Waals surface area contributed by atoms with Crippen LogP contribution < -0.4 is 14.8 Å². The molecule has 0 atom stereocenters. The molecule has 0 spiro atoms. The topological polar surface area (TPSA) is 30.5 Å². The van der Waals surface area contributed by atoms with Crippen LogP contribution in [0.5, 0.6) is 11.5 Å². The summed E-state index contributed by atoms with van der Waals surface area (Å²) in [5, 5.41) is 3.87. The van der Waals surface area contributed by atoms with Crippen LogP contribution in [0, 0.1) is 0 Å². The third-order valence-corrected chi connectivity index (χ3v) is 2.70. The first-order valence-corrected chi connectivity index (χ1v) is 6.78. The smallest absolute Gasteiger partial charge is 0.166 e. The quantitative estimate of drug-likeness (QED) is 0.824. The number of hydrogen-bond donors (Lipinski definition) is 1. The lowest BCUT2D eigenvalue weighted by Gasteiger charge is -2.15. The van der Waals surface area contributed by atoms with E-state index in [0.29, 0.717) is 29.7 Å². The van der Waals surface area contributed by atoms with E-state index in [1.165, 1.54) is 0 Å². The van der Waals surface area contributed by atoms with Crippen LogP contribution in [0.4, 0.5) is 0 Å². The summed E-state index contributed by atoms with van der Waals surface area (Å²) in [5.41, 5.74) is 0.968. The second-order valence-corrected chi connectivity index (χ2v) is 5.24. The molecule has 100 valence electrons. The molecule has 1 rings (SSSR count). The fourth-order valence-electron chi connectivity index (χ4n) is 1.48. The summed E-state index contributed by atoms with van der Waals surface area (Å²) >= 11 is 9.32. The van der Waals surface area contributed by atoms with Crippen molar-refractivity contribution in [2.24, 2.45) is 0 Å². The van der Waals surface area contributed by atoms with Gasteiger partial charge in [-0.15, -0.1) is 0 Å². The molecule has 0 bridgehead atoms. The van der Waals surface area contributed by atoms with E-state index in [1.807, 2.05) is 13.0 Å². The van der Waals surface area contributed by atoms with Gasteiger partial charge in [-0.1, -0.05) is 41.0 Å². The van der Waals surface area contributed by atoms with E-state index in [4.69, 9.17) is 21.1 Å². The highest BCUT2D eigenvalue weighted by Crippen LogP contribution is 2.35. The van der Waals surface area contributed by atoms with Gasteiger partial charge in [0.1, 0.15) is 6.61 Å². The monoisotopic (exact) mass is 333 g/mol. The third-order valence-electron chi connectivity index (χ3n) is 2.26. The summed E-state index contributed by atoms with van der Waals surface area (Å²) < 4.78 is 11.8. The van der Waals surface area contributed by atoms with Gasteiger partial charge in [0, 0.05) is 27.7 Å². The highest BCUT2D eigenvalue weighted by Gasteiger charge is 2.12. The van der Waals surface area contributed by atoms with E-state index in [9.17, 15) is 0 Å². The first-order valence-electron chi connectivity index (χ1n) is 5.61. The van der Waals surface area contributed by atoms with Crippen molar-refractivity contribution in [3.63, 3.8) is 0 Å². The fourth-order valence-corrected chi connectivity index (χ4v) is 1.82. The molecule has 0 radical (unpaired) electrons. The van der Waals surface area contributed by atoms with Gasteiger partial charge in [0.25, 0.3) is 0 Å². The van der Waals surface area contributed by atoms with Crippen LogP contribution in [-0.4, -0.2) is 20.3 Å². The van der Waals surface area contributed by atoms with Crippen molar-refractivity contribution in [3.05, 3.63) is 33.8 Å². The minimum absolute atomic E-state index is 0.386. The number of hydrogen-bond acceptors (Lipinski definition) is 3. The van der Waals surface area contributed by atoms with Gasteiger partial charge in [0.2, 0.25) is 0 Å². The van der Waals surface area contributed by atoms with Crippen LogP contribution in [0.15, 0.2) is 23.2 Å². The lowest BCUT2D eigenvalue weighted by Crippen LogP contribution is -2.13. The molecule has 0 aliphatic heterocycles. The molecule has 0 aliphatic carbocycles. The van der Waals surface area contributed by atoms with Crippen LogP contribution in [-0.2, 0) is 6.54 Å². The van der Waals surface area contributed by atoms with Gasteiger partial charge in [-0.05, 0) is 12.6 Å². The Morgan fingerprint density at radius 2 is 2.22 bits per heavy atom. The molecule has 1 aromatic carbocycles. The lowest BCUT2D eigenvalue weighted by molar-refractivity contribution is 0.321. The molecule has 1 N–H and O–H groups in total. The van der Waals surface area contributed by atoms with E-state index in [-0.39, 0.29) is 0 Å². The summed E-state index contributed by atoms with van der Waals surface area (Å²) in [6, 6.07) is 3.61. The third kappa shape index (κ3) is 4.52. The molecular formula is C13H17BrClNO2. The Hall–Kier alpha value is -0.710. The maximum atomic E-state index is 6.05. The molecule has 0 fully saturated rings. The van der Waals surface area contributed by atoms with Crippen molar-refractivity contribution in [1.29, 1.82) is 0 Å². The SMILES string of the molecule is C=C(Br)COc1c(CNCC)cc(Cl)cc1OC. The second kappa shape index (κ2) is 7.67. The Kier molecular flexibility index (Phi) is 6.54. The van der Waals surface area contributed by atoms with Crippen molar-refractivity contribution < 1.29 is 9.47 Å². The average Bonchev–Trinajstić information content (AvgIpc) is 2.33. The highest BCUT2D eigenvalue weighted by atomic mass is 79.9. The predicted octanol–water partition coefficient (Wildman–Crippen LogP) is 3.75. The second-order valence-electron chi connectivity index (χ2n) is 3.68. The van der Waals surface area contributed by atoms with Crippen molar-refractivity contribution in [2.45, 2.75) is 13.5 Å². The van der Waals surface area contributed by atoms with Crippen molar-refractivity contribution in [1.82, 2.24) is 5.32 Å². The largest absolute Gasteiger partial charge is 0.493 e. The van der Waals surface area contributed by atoms with Crippen LogP contribution in [0.1, 0.15) is 12.5 Å². The number of rotatable bonds is 7. The normalized spacial score (nSPS) is 10.2. The van der Waals surface area contributed by atoms with Gasteiger partial charge < -0.3 is 14.8 Å². The zero-order chi connectivity index (χ0) is 13.5. The molecule has 3 nitrogen and oxygen atoms in total. The maximum Gasteiger partial charge on any atom is 0.166 e. The average molecular weight is 335 g/mol. The summed E-state index contributed by atoms with van der Waals surface area (Å²) in [4.78, 5) is 0. The zero-order valence-electron chi connectivity index (χ0n) is 10.6. The molecule has 0 amide bonds. The molecule has 1 aromatic rings. The molecule has 0 aromatic heterocycles. The summed E-state index contributed by atoms with van der Waals surface area (Å²) in [5.74, 6) is 1.33. The van der Waals surface area contributed by atoms with Crippen LogP contribution in [0.3, 0.4) is 0 Å². The molecule has 0 heterocycles. The standard InChI is InChI=1S/C13H17BrClNO2/c1-4-16-7-10-5-11(15)6-12(17-3)13(10)18-8-9(2)14/h5-6,16H,2,4,7-8H2,1,3H3. The van der Waals surface area contributed by atoms with Crippen molar-refractivity contribution >= 4 is 27.5 Å². The van der Waals surface area contributed by atoms with Gasteiger partial charge in [0.15, 0.2) is 11.5 Å². The van der Waals surface area contributed by atoms with Gasteiger partial charge in [-0.25, -0.2) is 0 Å². The van der Waals surface area contributed by atoms with E-state index in [1.54, 1.807) is 13.2 Å². The molecular weight excluding hydrogens is 318 g/mol.